The number of hydrogen-bond acceptors (Lipinski definition) is 4. The van der Waals surface area contributed by atoms with E-state index >= 15 is 0 Å². The highest BCUT2D eigenvalue weighted by molar-refractivity contribution is 5.69. The second-order valence-electron chi connectivity index (χ2n) is 4.72. The molecule has 0 unspecified atom stereocenters. The Bertz CT molecular complexity index is 190. The van der Waals surface area contributed by atoms with E-state index in [1.807, 2.05) is 13.8 Å². The zero-order chi connectivity index (χ0) is 13.1. The van der Waals surface area contributed by atoms with Crippen LogP contribution in [0.25, 0.3) is 0 Å². The Morgan fingerprint density at radius 2 is 1.65 bits per heavy atom. The third-order valence-electron chi connectivity index (χ3n) is 1.86. The summed E-state index contributed by atoms with van der Waals surface area (Å²) in [6.07, 6.45) is 1.09. The fraction of sp³-hybridized carbons (Fsp3) is 0.923. The van der Waals surface area contributed by atoms with Crippen molar-refractivity contribution in [2.45, 2.75) is 46.6 Å². The van der Waals surface area contributed by atoms with E-state index < -0.39 is 0 Å². The number of hydrogen-bond donors (Lipinski definition) is 0. The summed E-state index contributed by atoms with van der Waals surface area (Å²) in [5.41, 5.74) is 0. The van der Waals surface area contributed by atoms with Gasteiger partial charge >= 0.3 is 5.97 Å². The molecule has 4 heteroatoms. The lowest BCUT2D eigenvalue weighted by molar-refractivity contribution is -0.147. The fourth-order valence-electron chi connectivity index (χ4n) is 1.18. The van der Waals surface area contributed by atoms with Gasteiger partial charge in [0.2, 0.25) is 0 Å². The van der Waals surface area contributed by atoms with Crippen molar-refractivity contribution in [3.8, 4) is 0 Å². The molecule has 0 radical (unpaired) electrons. The van der Waals surface area contributed by atoms with E-state index in [2.05, 4.69) is 13.8 Å². The van der Waals surface area contributed by atoms with E-state index in [4.69, 9.17) is 14.2 Å². The van der Waals surface area contributed by atoms with Crippen molar-refractivity contribution >= 4 is 5.97 Å². The van der Waals surface area contributed by atoms with Crippen LogP contribution in [0.15, 0.2) is 0 Å². The second kappa shape index (κ2) is 10.5. The number of carbonyl (C=O) groups is 1. The standard InChI is InChI=1S/C13H26O4/c1-11(2)10-16-9-8-15-7-5-6-13(14)17-12(3)4/h11-12H,5-10H2,1-4H3. The predicted octanol–water partition coefficient (Wildman–Crippen LogP) is 2.41. The smallest absolute Gasteiger partial charge is 0.306 e. The van der Waals surface area contributed by atoms with Gasteiger partial charge < -0.3 is 14.2 Å². The molecule has 0 amide bonds. The molecule has 0 saturated heterocycles. The Morgan fingerprint density at radius 1 is 1.00 bits per heavy atom. The first-order valence-electron chi connectivity index (χ1n) is 6.37. The minimum Gasteiger partial charge on any atom is -0.463 e. The van der Waals surface area contributed by atoms with Crippen LogP contribution in [0.5, 0.6) is 0 Å². The predicted molar refractivity (Wildman–Crippen MR) is 66.9 cm³/mol. The van der Waals surface area contributed by atoms with Crippen LogP contribution in [0, 0.1) is 5.92 Å². The van der Waals surface area contributed by atoms with E-state index in [9.17, 15) is 4.79 Å². The Labute approximate surface area is 105 Å². The van der Waals surface area contributed by atoms with E-state index in [0.717, 1.165) is 6.61 Å². The molecule has 0 heterocycles. The molecule has 0 aromatic rings. The number of ether oxygens (including phenoxy) is 3. The van der Waals surface area contributed by atoms with Gasteiger partial charge in [-0.3, -0.25) is 4.79 Å². The Hall–Kier alpha value is -0.610. The van der Waals surface area contributed by atoms with Gasteiger partial charge in [-0.1, -0.05) is 13.8 Å². The zero-order valence-electron chi connectivity index (χ0n) is 11.5. The van der Waals surface area contributed by atoms with E-state index in [0.29, 0.717) is 38.6 Å². The lowest BCUT2D eigenvalue weighted by Crippen LogP contribution is -2.13. The third kappa shape index (κ3) is 13.3. The van der Waals surface area contributed by atoms with Crippen LogP contribution in [0.1, 0.15) is 40.5 Å². The molecule has 0 rings (SSSR count). The van der Waals surface area contributed by atoms with Crippen LogP contribution in [0.4, 0.5) is 0 Å². The van der Waals surface area contributed by atoms with Crippen molar-refractivity contribution in [1.82, 2.24) is 0 Å². The SMILES string of the molecule is CC(C)COCCOCCCC(=O)OC(C)C. The van der Waals surface area contributed by atoms with Crippen molar-refractivity contribution in [3.05, 3.63) is 0 Å². The average molecular weight is 246 g/mol. The van der Waals surface area contributed by atoms with Gasteiger partial charge in [-0.25, -0.2) is 0 Å². The van der Waals surface area contributed by atoms with Crippen LogP contribution < -0.4 is 0 Å². The molecule has 0 N–H and O–H groups in total. The lowest BCUT2D eigenvalue weighted by atomic mass is 10.2. The van der Waals surface area contributed by atoms with Gasteiger partial charge in [0.25, 0.3) is 0 Å². The molecule has 0 aromatic heterocycles. The van der Waals surface area contributed by atoms with E-state index in [1.165, 1.54) is 0 Å². The number of carbonyl (C=O) groups excluding carboxylic acids is 1. The van der Waals surface area contributed by atoms with Crippen LogP contribution >= 0.6 is 0 Å². The summed E-state index contributed by atoms with van der Waals surface area (Å²) in [4.78, 5) is 11.2. The Balaban J connectivity index is 3.16. The van der Waals surface area contributed by atoms with E-state index in [1.54, 1.807) is 0 Å². The minimum atomic E-state index is -0.153. The highest BCUT2D eigenvalue weighted by Gasteiger charge is 2.04. The molecule has 0 atom stereocenters. The maximum Gasteiger partial charge on any atom is 0.306 e. The molecule has 4 nitrogen and oxygen atoms in total. The second-order valence-corrected chi connectivity index (χ2v) is 4.72. The molecule has 0 spiro atoms. The number of rotatable bonds is 10. The van der Waals surface area contributed by atoms with Crippen molar-refractivity contribution in [1.29, 1.82) is 0 Å². The van der Waals surface area contributed by atoms with E-state index in [-0.39, 0.29) is 12.1 Å². The molecule has 0 fully saturated rings. The zero-order valence-corrected chi connectivity index (χ0v) is 11.5. The molecule has 0 saturated carbocycles. The van der Waals surface area contributed by atoms with Gasteiger partial charge in [0, 0.05) is 19.6 Å². The molecule has 17 heavy (non-hydrogen) atoms. The van der Waals surface area contributed by atoms with Crippen molar-refractivity contribution in [2.24, 2.45) is 5.92 Å². The van der Waals surface area contributed by atoms with Crippen molar-refractivity contribution in [2.75, 3.05) is 26.4 Å². The summed E-state index contributed by atoms with van der Waals surface area (Å²) in [7, 11) is 0. The molecule has 0 aliphatic carbocycles. The van der Waals surface area contributed by atoms with Gasteiger partial charge in [0.15, 0.2) is 0 Å². The van der Waals surface area contributed by atoms with Gasteiger partial charge in [-0.15, -0.1) is 0 Å². The normalized spacial score (nSPS) is 11.2. The maximum atomic E-state index is 11.2. The summed E-state index contributed by atoms with van der Waals surface area (Å²) in [5.74, 6) is 0.403. The number of esters is 1. The first kappa shape index (κ1) is 16.4. The maximum absolute atomic E-state index is 11.2. The first-order valence-corrected chi connectivity index (χ1v) is 6.37. The monoisotopic (exact) mass is 246 g/mol. The molecular weight excluding hydrogens is 220 g/mol. The van der Waals surface area contributed by atoms with Gasteiger partial charge in [0.05, 0.1) is 19.3 Å². The van der Waals surface area contributed by atoms with Crippen LogP contribution in [-0.4, -0.2) is 38.5 Å². The van der Waals surface area contributed by atoms with Gasteiger partial charge in [-0.2, -0.15) is 0 Å². The fourth-order valence-corrected chi connectivity index (χ4v) is 1.18. The summed E-state index contributed by atoms with van der Waals surface area (Å²) in [6, 6.07) is 0. The van der Waals surface area contributed by atoms with Gasteiger partial charge in [0.1, 0.15) is 0 Å². The third-order valence-corrected chi connectivity index (χ3v) is 1.86. The summed E-state index contributed by atoms with van der Waals surface area (Å²) in [6.45, 7) is 10.5. The quantitative estimate of drug-likeness (QED) is 0.438. The molecule has 0 aromatic carbocycles. The first-order chi connectivity index (χ1) is 8.02. The highest BCUT2D eigenvalue weighted by atomic mass is 16.5. The highest BCUT2D eigenvalue weighted by Crippen LogP contribution is 1.98. The molecule has 0 bridgehead atoms. The van der Waals surface area contributed by atoms with Gasteiger partial charge in [-0.05, 0) is 26.2 Å². The summed E-state index contributed by atoms with van der Waals surface area (Å²) >= 11 is 0. The topological polar surface area (TPSA) is 44.8 Å². The largest absolute Gasteiger partial charge is 0.463 e. The summed E-state index contributed by atoms with van der Waals surface area (Å²) in [5, 5.41) is 0. The molecular formula is C13H26O4. The molecule has 0 aliphatic rings. The van der Waals surface area contributed by atoms with Crippen molar-refractivity contribution < 1.29 is 19.0 Å². The van der Waals surface area contributed by atoms with Crippen LogP contribution in [0.3, 0.4) is 0 Å². The molecule has 0 aliphatic heterocycles. The minimum absolute atomic E-state index is 0.0344. The van der Waals surface area contributed by atoms with Crippen LogP contribution in [-0.2, 0) is 19.0 Å². The Kier molecular flexibility index (Phi) is 10.2. The van der Waals surface area contributed by atoms with Crippen LogP contribution in [0.2, 0.25) is 0 Å². The average Bonchev–Trinajstić information content (AvgIpc) is 2.20. The Morgan fingerprint density at radius 3 is 2.24 bits per heavy atom. The van der Waals surface area contributed by atoms with Crippen molar-refractivity contribution in [3.63, 3.8) is 0 Å². The lowest BCUT2D eigenvalue weighted by Gasteiger charge is -2.08. The summed E-state index contributed by atoms with van der Waals surface area (Å²) < 4.78 is 15.7. The molecule has 102 valence electrons.